The Kier molecular flexibility index (Phi) is 4.68. The van der Waals surface area contributed by atoms with E-state index in [0.29, 0.717) is 39.6 Å². The van der Waals surface area contributed by atoms with Crippen molar-refractivity contribution in [3.8, 4) is 51.1 Å². The first-order chi connectivity index (χ1) is 13.9. The number of hydrogen-bond acceptors (Lipinski definition) is 9. The molecule has 0 atom stereocenters. The third-order valence-corrected chi connectivity index (χ3v) is 4.56. The van der Waals surface area contributed by atoms with Crippen LogP contribution in [0.25, 0.3) is 22.4 Å². The molecule has 0 amide bonds. The normalized spacial score (nSPS) is 12.7. The number of benzene rings is 2. The SMILES string of the molecule is COc1ccc(-c2conc2-c2cc(OC)c3c(c2)OCO3)cc1OS(=O)(=O)O. The van der Waals surface area contributed by atoms with Gasteiger partial charge in [-0.15, -0.1) is 0 Å². The summed E-state index contributed by atoms with van der Waals surface area (Å²) < 4.78 is 62.3. The number of ether oxygens (including phenoxy) is 4. The van der Waals surface area contributed by atoms with Crippen LogP contribution >= 0.6 is 0 Å². The summed E-state index contributed by atoms with van der Waals surface area (Å²) in [5.74, 6) is 1.39. The van der Waals surface area contributed by atoms with E-state index in [2.05, 4.69) is 9.34 Å². The van der Waals surface area contributed by atoms with Gasteiger partial charge in [-0.3, -0.25) is 4.55 Å². The fourth-order valence-corrected chi connectivity index (χ4v) is 3.30. The van der Waals surface area contributed by atoms with Gasteiger partial charge in [-0.2, -0.15) is 8.42 Å². The largest absolute Gasteiger partial charge is 0.493 e. The van der Waals surface area contributed by atoms with Crippen molar-refractivity contribution < 1.29 is 40.6 Å². The predicted molar refractivity (Wildman–Crippen MR) is 98.8 cm³/mol. The second-order valence-corrected chi connectivity index (χ2v) is 6.89. The molecular formula is C18H15NO9S. The lowest BCUT2D eigenvalue weighted by atomic mass is 10.0. The van der Waals surface area contributed by atoms with Crippen LogP contribution in [0.4, 0.5) is 0 Å². The molecule has 1 N–H and O–H groups in total. The maximum absolute atomic E-state index is 11.1. The first kappa shape index (κ1) is 18.9. The zero-order chi connectivity index (χ0) is 20.6. The lowest BCUT2D eigenvalue weighted by Crippen LogP contribution is -2.07. The molecule has 1 aromatic heterocycles. The number of hydrogen-bond donors (Lipinski definition) is 1. The van der Waals surface area contributed by atoms with Crippen LogP contribution in [0.15, 0.2) is 41.1 Å². The summed E-state index contributed by atoms with van der Waals surface area (Å²) in [5, 5.41) is 4.04. The standard InChI is InChI=1S/C18H15NO9S/c1-23-13-4-3-10(5-14(13)28-29(20,21)22)12-8-27-19-17(12)11-6-15(24-2)18-16(7-11)25-9-26-18/h3-8H,9H2,1-2H3,(H,20,21,22). The molecule has 3 aromatic rings. The van der Waals surface area contributed by atoms with Crippen LogP contribution < -0.4 is 23.1 Å². The number of fused-ring (bicyclic) bond motifs is 1. The monoisotopic (exact) mass is 421 g/mol. The summed E-state index contributed by atoms with van der Waals surface area (Å²) >= 11 is 0. The Morgan fingerprint density at radius 2 is 1.76 bits per heavy atom. The molecule has 0 saturated carbocycles. The van der Waals surface area contributed by atoms with E-state index in [4.69, 9.17) is 28.0 Å². The summed E-state index contributed by atoms with van der Waals surface area (Å²) in [5.41, 5.74) is 2.12. The van der Waals surface area contributed by atoms with Crippen molar-refractivity contribution in [3.63, 3.8) is 0 Å². The highest BCUT2D eigenvalue weighted by Crippen LogP contribution is 2.46. The summed E-state index contributed by atoms with van der Waals surface area (Å²) in [6.07, 6.45) is 1.39. The number of aromatic nitrogens is 1. The fourth-order valence-electron chi connectivity index (χ4n) is 2.94. The molecular weight excluding hydrogens is 406 g/mol. The molecule has 1 aliphatic rings. The van der Waals surface area contributed by atoms with Crippen LogP contribution in [-0.2, 0) is 10.4 Å². The van der Waals surface area contributed by atoms with Gasteiger partial charge in [0.1, 0.15) is 12.0 Å². The van der Waals surface area contributed by atoms with Crippen LogP contribution in [0.3, 0.4) is 0 Å². The first-order valence-corrected chi connectivity index (χ1v) is 9.54. The smallest absolute Gasteiger partial charge is 0.446 e. The molecule has 0 spiro atoms. The van der Waals surface area contributed by atoms with Crippen molar-refractivity contribution in [3.05, 3.63) is 36.6 Å². The van der Waals surface area contributed by atoms with Crippen LogP contribution in [-0.4, -0.2) is 39.1 Å². The van der Waals surface area contributed by atoms with Crippen LogP contribution in [0.5, 0.6) is 28.7 Å². The highest BCUT2D eigenvalue weighted by Gasteiger charge is 2.24. The van der Waals surface area contributed by atoms with E-state index < -0.39 is 10.4 Å². The second kappa shape index (κ2) is 7.18. The van der Waals surface area contributed by atoms with E-state index in [0.717, 1.165) is 0 Å². The van der Waals surface area contributed by atoms with Gasteiger partial charge in [0.25, 0.3) is 0 Å². The third-order valence-electron chi connectivity index (χ3n) is 4.17. The Morgan fingerprint density at radius 1 is 1.00 bits per heavy atom. The number of nitrogens with zero attached hydrogens (tertiary/aromatic N) is 1. The van der Waals surface area contributed by atoms with Crippen molar-refractivity contribution in [2.24, 2.45) is 0 Å². The third kappa shape index (κ3) is 3.65. The highest BCUT2D eigenvalue weighted by molar-refractivity contribution is 7.81. The van der Waals surface area contributed by atoms with Gasteiger partial charge in [-0.25, -0.2) is 0 Å². The molecule has 11 heteroatoms. The minimum absolute atomic E-state index is 0.0790. The molecule has 1 aliphatic heterocycles. The molecule has 29 heavy (non-hydrogen) atoms. The van der Waals surface area contributed by atoms with Gasteiger partial charge >= 0.3 is 10.4 Å². The summed E-state index contributed by atoms with van der Waals surface area (Å²) in [6.45, 7) is 0.0790. The molecule has 2 aromatic carbocycles. The van der Waals surface area contributed by atoms with Crippen LogP contribution in [0.2, 0.25) is 0 Å². The molecule has 0 aliphatic carbocycles. The summed E-state index contributed by atoms with van der Waals surface area (Å²) in [7, 11) is -1.89. The Morgan fingerprint density at radius 3 is 2.48 bits per heavy atom. The van der Waals surface area contributed by atoms with Gasteiger partial charge < -0.3 is 27.7 Å². The Bertz CT molecular complexity index is 1170. The van der Waals surface area contributed by atoms with Gasteiger partial charge in [-0.05, 0) is 29.8 Å². The van der Waals surface area contributed by atoms with Gasteiger partial charge in [0.2, 0.25) is 12.5 Å². The topological polar surface area (TPSA) is 127 Å². The molecule has 0 saturated heterocycles. The fraction of sp³-hybridized carbons (Fsp3) is 0.167. The molecule has 152 valence electrons. The molecule has 0 unspecified atom stereocenters. The lowest BCUT2D eigenvalue weighted by Gasteiger charge is -2.10. The highest BCUT2D eigenvalue weighted by atomic mass is 32.3. The molecule has 10 nitrogen and oxygen atoms in total. The molecule has 0 radical (unpaired) electrons. The van der Waals surface area contributed by atoms with E-state index in [1.54, 1.807) is 18.2 Å². The maximum Gasteiger partial charge on any atom is 0.446 e. The van der Waals surface area contributed by atoms with E-state index in [-0.39, 0.29) is 18.3 Å². The Hall–Kier alpha value is -3.44. The number of rotatable bonds is 6. The van der Waals surface area contributed by atoms with E-state index in [9.17, 15) is 8.42 Å². The average molecular weight is 421 g/mol. The Labute approximate surface area is 165 Å². The zero-order valence-corrected chi connectivity index (χ0v) is 16.1. The van der Waals surface area contributed by atoms with Crippen molar-refractivity contribution in [1.82, 2.24) is 5.16 Å². The van der Waals surface area contributed by atoms with Crippen LogP contribution in [0.1, 0.15) is 0 Å². The maximum atomic E-state index is 11.1. The van der Waals surface area contributed by atoms with Gasteiger partial charge in [0, 0.05) is 11.1 Å². The molecule has 2 heterocycles. The van der Waals surface area contributed by atoms with E-state index in [1.807, 2.05) is 0 Å². The minimum Gasteiger partial charge on any atom is -0.493 e. The first-order valence-electron chi connectivity index (χ1n) is 8.17. The molecule has 0 bridgehead atoms. The van der Waals surface area contributed by atoms with Crippen molar-refractivity contribution >= 4 is 10.4 Å². The molecule has 0 fully saturated rings. The Balaban J connectivity index is 1.81. The summed E-state index contributed by atoms with van der Waals surface area (Å²) in [6, 6.07) is 7.98. The predicted octanol–water partition coefficient (Wildman–Crippen LogP) is 2.94. The van der Waals surface area contributed by atoms with Crippen molar-refractivity contribution in [2.75, 3.05) is 21.0 Å². The average Bonchev–Trinajstić information content (AvgIpc) is 3.35. The van der Waals surface area contributed by atoms with Gasteiger partial charge in [-0.1, -0.05) is 11.2 Å². The van der Waals surface area contributed by atoms with Crippen LogP contribution in [0, 0.1) is 0 Å². The van der Waals surface area contributed by atoms with E-state index >= 15 is 0 Å². The second-order valence-electron chi connectivity index (χ2n) is 5.87. The van der Waals surface area contributed by atoms with Gasteiger partial charge in [0.05, 0.1) is 14.2 Å². The minimum atomic E-state index is -4.74. The van der Waals surface area contributed by atoms with E-state index in [1.165, 1.54) is 32.6 Å². The number of methoxy groups -OCH3 is 2. The lowest BCUT2D eigenvalue weighted by molar-refractivity contribution is 0.171. The van der Waals surface area contributed by atoms with Gasteiger partial charge in [0.15, 0.2) is 23.0 Å². The van der Waals surface area contributed by atoms with Crippen molar-refractivity contribution in [1.29, 1.82) is 0 Å². The molecule has 4 rings (SSSR count). The quantitative estimate of drug-likeness (QED) is 0.594. The summed E-state index contributed by atoms with van der Waals surface area (Å²) in [4.78, 5) is 0. The zero-order valence-electron chi connectivity index (χ0n) is 15.2. The van der Waals surface area contributed by atoms with Crippen molar-refractivity contribution in [2.45, 2.75) is 0 Å².